The number of piperidine rings is 1. The Morgan fingerprint density at radius 1 is 1.25 bits per heavy atom. The highest BCUT2D eigenvalue weighted by atomic mass is 79.9. The van der Waals surface area contributed by atoms with Crippen LogP contribution in [0.2, 0.25) is 0 Å². The molecule has 5 nitrogen and oxygen atoms in total. The standard InChI is InChI=1S/C18H26BrN3O2/c1-11-14(16(20)23)9-12(19)10-15(11)21-13-5-7-22(8-6-13)17(24)18(2,3)4/h9-10,13,21H,5-8H2,1-4H3,(H2,20,23). The lowest BCUT2D eigenvalue weighted by Crippen LogP contribution is -2.46. The van der Waals surface area contributed by atoms with E-state index in [1.54, 1.807) is 6.07 Å². The van der Waals surface area contributed by atoms with Gasteiger partial charge in [-0.2, -0.15) is 0 Å². The molecule has 0 unspecified atom stereocenters. The highest BCUT2D eigenvalue weighted by molar-refractivity contribution is 9.10. The van der Waals surface area contributed by atoms with E-state index in [1.807, 2.05) is 38.7 Å². The number of hydrogen-bond acceptors (Lipinski definition) is 3. The number of anilines is 1. The molecule has 1 saturated heterocycles. The second kappa shape index (κ2) is 7.13. The Labute approximate surface area is 152 Å². The fourth-order valence-corrected chi connectivity index (χ4v) is 3.46. The maximum atomic E-state index is 12.4. The average Bonchev–Trinajstić information content (AvgIpc) is 2.49. The Morgan fingerprint density at radius 2 is 1.83 bits per heavy atom. The Hall–Kier alpha value is -1.56. The van der Waals surface area contributed by atoms with Crippen molar-refractivity contribution >= 4 is 33.4 Å². The van der Waals surface area contributed by atoms with Crippen LogP contribution in [-0.4, -0.2) is 35.8 Å². The lowest BCUT2D eigenvalue weighted by molar-refractivity contribution is -0.140. The molecule has 1 aliphatic rings. The molecule has 0 bridgehead atoms. The summed E-state index contributed by atoms with van der Waals surface area (Å²) in [5, 5.41) is 3.51. The molecule has 1 fully saturated rings. The monoisotopic (exact) mass is 395 g/mol. The maximum absolute atomic E-state index is 12.4. The number of amides is 2. The van der Waals surface area contributed by atoms with Gasteiger partial charge in [0.2, 0.25) is 11.8 Å². The fraction of sp³-hybridized carbons (Fsp3) is 0.556. The van der Waals surface area contributed by atoms with Gasteiger partial charge in [-0.1, -0.05) is 36.7 Å². The van der Waals surface area contributed by atoms with Gasteiger partial charge in [-0.3, -0.25) is 9.59 Å². The number of carbonyl (C=O) groups is 2. The summed E-state index contributed by atoms with van der Waals surface area (Å²) in [6, 6.07) is 3.99. The molecule has 3 N–H and O–H groups in total. The van der Waals surface area contributed by atoms with Crippen molar-refractivity contribution in [2.75, 3.05) is 18.4 Å². The van der Waals surface area contributed by atoms with Crippen LogP contribution < -0.4 is 11.1 Å². The van der Waals surface area contributed by atoms with Gasteiger partial charge in [-0.05, 0) is 37.5 Å². The zero-order chi connectivity index (χ0) is 18.1. The first-order valence-corrected chi connectivity index (χ1v) is 9.04. The molecule has 1 aromatic carbocycles. The quantitative estimate of drug-likeness (QED) is 0.823. The predicted molar refractivity (Wildman–Crippen MR) is 100 cm³/mol. The van der Waals surface area contributed by atoms with Crippen molar-refractivity contribution < 1.29 is 9.59 Å². The first-order valence-electron chi connectivity index (χ1n) is 8.25. The number of primary amides is 1. The summed E-state index contributed by atoms with van der Waals surface area (Å²) in [4.78, 5) is 25.9. The largest absolute Gasteiger partial charge is 0.382 e. The molecule has 1 aromatic rings. The van der Waals surface area contributed by atoms with E-state index < -0.39 is 5.91 Å². The van der Waals surface area contributed by atoms with Gasteiger partial charge in [0.25, 0.3) is 0 Å². The number of likely N-dealkylation sites (tertiary alicyclic amines) is 1. The average molecular weight is 396 g/mol. The Bertz CT molecular complexity index is 644. The van der Waals surface area contributed by atoms with Crippen LogP contribution in [-0.2, 0) is 4.79 Å². The van der Waals surface area contributed by atoms with E-state index in [1.165, 1.54) is 0 Å². The number of nitrogens with two attached hydrogens (primary N) is 1. The number of halogens is 1. The highest BCUT2D eigenvalue weighted by Gasteiger charge is 2.30. The van der Waals surface area contributed by atoms with E-state index >= 15 is 0 Å². The van der Waals surface area contributed by atoms with E-state index in [-0.39, 0.29) is 17.4 Å². The molecule has 6 heteroatoms. The van der Waals surface area contributed by atoms with E-state index in [4.69, 9.17) is 5.73 Å². The van der Waals surface area contributed by atoms with E-state index in [2.05, 4.69) is 21.2 Å². The zero-order valence-electron chi connectivity index (χ0n) is 14.8. The van der Waals surface area contributed by atoms with Crippen LogP contribution >= 0.6 is 15.9 Å². The van der Waals surface area contributed by atoms with Gasteiger partial charge in [-0.25, -0.2) is 0 Å². The van der Waals surface area contributed by atoms with Gasteiger partial charge in [0, 0.05) is 40.3 Å². The molecule has 2 rings (SSSR count). The molecule has 1 heterocycles. The first-order chi connectivity index (χ1) is 11.1. The minimum atomic E-state index is -0.428. The molecule has 0 radical (unpaired) electrons. The van der Waals surface area contributed by atoms with Crippen LogP contribution in [0.25, 0.3) is 0 Å². The summed E-state index contributed by atoms with van der Waals surface area (Å²) in [7, 11) is 0. The van der Waals surface area contributed by atoms with Crippen molar-refractivity contribution in [2.24, 2.45) is 11.1 Å². The molecule has 24 heavy (non-hydrogen) atoms. The number of nitrogens with zero attached hydrogens (tertiary/aromatic N) is 1. The van der Waals surface area contributed by atoms with Crippen molar-refractivity contribution in [3.63, 3.8) is 0 Å². The Balaban J connectivity index is 2.05. The van der Waals surface area contributed by atoms with Crippen LogP contribution in [0.5, 0.6) is 0 Å². The molecule has 2 amide bonds. The number of nitrogens with one attached hydrogen (secondary N) is 1. The van der Waals surface area contributed by atoms with E-state index in [0.717, 1.165) is 41.7 Å². The van der Waals surface area contributed by atoms with Gasteiger partial charge in [0.15, 0.2) is 0 Å². The van der Waals surface area contributed by atoms with Gasteiger partial charge in [0.1, 0.15) is 0 Å². The van der Waals surface area contributed by atoms with Crippen LogP contribution in [0.15, 0.2) is 16.6 Å². The molecular weight excluding hydrogens is 370 g/mol. The smallest absolute Gasteiger partial charge is 0.249 e. The third kappa shape index (κ3) is 4.29. The summed E-state index contributed by atoms with van der Waals surface area (Å²) in [5.74, 6) is -0.224. The van der Waals surface area contributed by atoms with Gasteiger partial charge in [0.05, 0.1) is 0 Å². The van der Waals surface area contributed by atoms with Gasteiger partial charge < -0.3 is 16.0 Å². The summed E-state index contributed by atoms with van der Waals surface area (Å²) in [6.07, 6.45) is 1.78. The molecule has 1 aliphatic heterocycles. The predicted octanol–water partition coefficient (Wildman–Crippen LogP) is 3.31. The fourth-order valence-electron chi connectivity index (χ4n) is 3.01. The van der Waals surface area contributed by atoms with Crippen molar-refractivity contribution in [1.29, 1.82) is 0 Å². The van der Waals surface area contributed by atoms with Crippen LogP contribution in [0.4, 0.5) is 5.69 Å². The number of benzene rings is 1. The van der Waals surface area contributed by atoms with Crippen molar-refractivity contribution in [1.82, 2.24) is 4.90 Å². The molecule has 0 atom stereocenters. The number of carbonyl (C=O) groups excluding carboxylic acids is 2. The molecule has 132 valence electrons. The molecule has 0 spiro atoms. The normalized spacial score (nSPS) is 16.1. The summed E-state index contributed by atoms with van der Waals surface area (Å²) >= 11 is 3.43. The van der Waals surface area contributed by atoms with Crippen LogP contribution in [0, 0.1) is 12.3 Å². The summed E-state index contributed by atoms with van der Waals surface area (Å²) in [6.45, 7) is 9.27. The highest BCUT2D eigenvalue weighted by Crippen LogP contribution is 2.28. The Kier molecular flexibility index (Phi) is 5.58. The van der Waals surface area contributed by atoms with Crippen LogP contribution in [0.1, 0.15) is 49.5 Å². The lowest BCUT2D eigenvalue weighted by atomic mass is 9.93. The minimum Gasteiger partial charge on any atom is -0.382 e. The van der Waals surface area contributed by atoms with Gasteiger partial charge in [-0.15, -0.1) is 0 Å². The minimum absolute atomic E-state index is 0.204. The molecule has 0 saturated carbocycles. The first kappa shape index (κ1) is 18.8. The van der Waals surface area contributed by atoms with Crippen LogP contribution in [0.3, 0.4) is 0 Å². The second-order valence-corrected chi connectivity index (χ2v) is 8.37. The summed E-state index contributed by atoms with van der Waals surface area (Å²) in [5.41, 5.74) is 7.41. The summed E-state index contributed by atoms with van der Waals surface area (Å²) < 4.78 is 0.824. The Morgan fingerprint density at radius 3 is 2.33 bits per heavy atom. The molecule has 0 aliphatic carbocycles. The topological polar surface area (TPSA) is 75.4 Å². The zero-order valence-corrected chi connectivity index (χ0v) is 16.4. The second-order valence-electron chi connectivity index (χ2n) is 7.45. The molecular formula is C18H26BrN3O2. The van der Waals surface area contributed by atoms with E-state index in [9.17, 15) is 9.59 Å². The number of rotatable bonds is 3. The third-order valence-corrected chi connectivity index (χ3v) is 4.88. The van der Waals surface area contributed by atoms with E-state index in [0.29, 0.717) is 5.56 Å². The molecule has 0 aromatic heterocycles. The van der Waals surface area contributed by atoms with Crippen molar-refractivity contribution in [3.05, 3.63) is 27.7 Å². The van der Waals surface area contributed by atoms with Crippen molar-refractivity contribution in [3.8, 4) is 0 Å². The SMILES string of the molecule is Cc1c(NC2CCN(C(=O)C(C)(C)C)CC2)cc(Br)cc1C(N)=O. The van der Waals surface area contributed by atoms with Gasteiger partial charge >= 0.3 is 0 Å². The van der Waals surface area contributed by atoms with Crippen molar-refractivity contribution in [2.45, 2.75) is 46.6 Å². The number of hydrogen-bond donors (Lipinski definition) is 2. The maximum Gasteiger partial charge on any atom is 0.249 e. The lowest BCUT2D eigenvalue weighted by Gasteiger charge is -2.36. The third-order valence-electron chi connectivity index (χ3n) is 4.42.